The monoisotopic (exact) mass is 417 g/mol. The van der Waals surface area contributed by atoms with Gasteiger partial charge in [0.05, 0.1) is 18.4 Å². The fourth-order valence-electron chi connectivity index (χ4n) is 2.70. The summed E-state index contributed by atoms with van der Waals surface area (Å²) < 4.78 is 5.19. The number of carbonyl (C=O) groups is 3. The number of primary amides is 1. The molecule has 0 aliphatic carbocycles. The maximum absolute atomic E-state index is 12.7. The Morgan fingerprint density at radius 3 is 2.61 bits per heavy atom. The molecule has 3 amide bonds. The average molecular weight is 418 g/mol. The van der Waals surface area contributed by atoms with Crippen molar-refractivity contribution in [3.63, 3.8) is 0 Å². The van der Waals surface area contributed by atoms with E-state index < -0.39 is 11.8 Å². The Labute approximate surface area is 169 Å². The van der Waals surface area contributed by atoms with E-state index in [1.165, 1.54) is 33.8 Å². The molecule has 9 heteroatoms. The number of nitrogens with two attached hydrogens (primary N) is 1. The van der Waals surface area contributed by atoms with Crippen molar-refractivity contribution in [2.45, 2.75) is 20.4 Å². The summed E-state index contributed by atoms with van der Waals surface area (Å²) in [7, 11) is 0. The summed E-state index contributed by atoms with van der Waals surface area (Å²) in [6, 6.07) is 6.94. The number of aryl methyl sites for hydroxylation is 1. The first-order valence-electron chi connectivity index (χ1n) is 8.41. The summed E-state index contributed by atoms with van der Waals surface area (Å²) in [6.07, 6.45) is 1.41. The lowest BCUT2D eigenvalue weighted by atomic mass is 10.1. The summed E-state index contributed by atoms with van der Waals surface area (Å²) in [5.74, 6) is -1.24. The SMILES string of the molecule is Cc1sc(NC(=O)CN(Cc2cccs2)C(=O)c2ccco2)c(C(N)=O)c1C. The third-order valence-corrected chi connectivity index (χ3v) is 6.15. The van der Waals surface area contributed by atoms with E-state index in [-0.39, 0.29) is 24.8 Å². The van der Waals surface area contributed by atoms with Gasteiger partial charge in [0.1, 0.15) is 11.5 Å². The Balaban J connectivity index is 1.79. The Morgan fingerprint density at radius 2 is 2.00 bits per heavy atom. The van der Waals surface area contributed by atoms with Gasteiger partial charge in [-0.1, -0.05) is 6.07 Å². The van der Waals surface area contributed by atoms with E-state index in [4.69, 9.17) is 10.2 Å². The molecule has 0 radical (unpaired) electrons. The van der Waals surface area contributed by atoms with Crippen LogP contribution in [0.2, 0.25) is 0 Å². The summed E-state index contributed by atoms with van der Waals surface area (Å²) in [6.45, 7) is 3.72. The molecule has 0 aromatic carbocycles. The minimum absolute atomic E-state index is 0.157. The first kappa shape index (κ1) is 19.8. The lowest BCUT2D eigenvalue weighted by Crippen LogP contribution is -2.37. The molecule has 28 heavy (non-hydrogen) atoms. The van der Waals surface area contributed by atoms with Crippen LogP contribution in [0.4, 0.5) is 5.00 Å². The molecule has 3 aromatic rings. The number of rotatable bonds is 7. The second-order valence-corrected chi connectivity index (χ2v) is 8.37. The Morgan fingerprint density at radius 1 is 1.21 bits per heavy atom. The molecule has 0 aliphatic rings. The van der Waals surface area contributed by atoms with Gasteiger partial charge in [0.2, 0.25) is 5.91 Å². The molecule has 0 bridgehead atoms. The van der Waals surface area contributed by atoms with Gasteiger partial charge in [0, 0.05) is 9.75 Å². The first-order valence-corrected chi connectivity index (χ1v) is 10.1. The van der Waals surface area contributed by atoms with Crippen molar-refractivity contribution in [3.8, 4) is 0 Å². The van der Waals surface area contributed by atoms with Crippen molar-refractivity contribution in [1.82, 2.24) is 4.90 Å². The highest BCUT2D eigenvalue weighted by atomic mass is 32.1. The van der Waals surface area contributed by atoms with Crippen LogP contribution in [0.15, 0.2) is 40.3 Å². The second-order valence-electron chi connectivity index (χ2n) is 6.12. The molecular formula is C19H19N3O4S2. The number of carbonyl (C=O) groups excluding carboxylic acids is 3. The molecule has 0 saturated heterocycles. The van der Waals surface area contributed by atoms with E-state index in [1.54, 1.807) is 19.1 Å². The number of nitrogens with one attached hydrogen (secondary N) is 1. The minimum atomic E-state index is -0.598. The molecule has 3 rings (SSSR count). The number of furan rings is 1. The maximum Gasteiger partial charge on any atom is 0.290 e. The quantitative estimate of drug-likeness (QED) is 0.614. The van der Waals surface area contributed by atoms with Crippen molar-refractivity contribution in [3.05, 3.63) is 62.6 Å². The van der Waals surface area contributed by atoms with Crippen molar-refractivity contribution in [2.24, 2.45) is 5.73 Å². The van der Waals surface area contributed by atoms with Crippen molar-refractivity contribution >= 4 is 45.4 Å². The van der Waals surface area contributed by atoms with Crippen LogP contribution in [0.25, 0.3) is 0 Å². The minimum Gasteiger partial charge on any atom is -0.459 e. The van der Waals surface area contributed by atoms with Gasteiger partial charge < -0.3 is 20.4 Å². The molecule has 0 saturated carbocycles. The summed E-state index contributed by atoms with van der Waals surface area (Å²) in [5.41, 5.74) is 6.50. The number of thiophene rings is 2. The number of amides is 3. The van der Waals surface area contributed by atoms with E-state index in [0.29, 0.717) is 10.6 Å². The Kier molecular flexibility index (Phi) is 5.96. The van der Waals surface area contributed by atoms with E-state index >= 15 is 0 Å². The molecule has 3 N–H and O–H groups in total. The molecule has 0 spiro atoms. The van der Waals surface area contributed by atoms with E-state index in [1.807, 2.05) is 24.4 Å². The Bertz CT molecular complexity index is 991. The van der Waals surface area contributed by atoms with Crippen LogP contribution in [0, 0.1) is 13.8 Å². The van der Waals surface area contributed by atoms with Crippen LogP contribution in [0.3, 0.4) is 0 Å². The van der Waals surface area contributed by atoms with E-state index in [2.05, 4.69) is 5.32 Å². The number of anilines is 1. The van der Waals surface area contributed by atoms with E-state index in [0.717, 1.165) is 15.3 Å². The summed E-state index contributed by atoms with van der Waals surface area (Å²) in [4.78, 5) is 40.4. The highest BCUT2D eigenvalue weighted by molar-refractivity contribution is 7.16. The molecule has 0 atom stereocenters. The zero-order chi connectivity index (χ0) is 20.3. The number of hydrogen-bond acceptors (Lipinski definition) is 6. The molecule has 3 heterocycles. The van der Waals surface area contributed by atoms with Crippen molar-refractivity contribution < 1.29 is 18.8 Å². The van der Waals surface area contributed by atoms with Crippen LogP contribution in [0.1, 0.15) is 36.2 Å². The van der Waals surface area contributed by atoms with Gasteiger partial charge in [-0.15, -0.1) is 22.7 Å². The fraction of sp³-hybridized carbons (Fsp3) is 0.211. The standard InChI is InChI=1S/C19H19N3O4S2/c1-11-12(2)28-18(16(11)17(20)24)21-15(23)10-22(9-13-5-4-8-27-13)19(25)14-6-3-7-26-14/h3-8H,9-10H2,1-2H3,(H2,20,24)(H,21,23). The van der Waals surface area contributed by atoms with Gasteiger partial charge in [-0.25, -0.2) is 0 Å². The summed E-state index contributed by atoms with van der Waals surface area (Å²) in [5, 5.41) is 5.02. The van der Waals surface area contributed by atoms with Crippen LogP contribution >= 0.6 is 22.7 Å². The summed E-state index contributed by atoms with van der Waals surface area (Å²) >= 11 is 2.78. The lowest BCUT2D eigenvalue weighted by molar-refractivity contribution is -0.117. The normalized spacial score (nSPS) is 10.6. The van der Waals surface area contributed by atoms with Gasteiger partial charge >= 0.3 is 0 Å². The van der Waals surface area contributed by atoms with Crippen LogP contribution in [-0.2, 0) is 11.3 Å². The number of nitrogens with zero attached hydrogens (tertiary/aromatic N) is 1. The zero-order valence-corrected chi connectivity index (χ0v) is 17.0. The van der Waals surface area contributed by atoms with Crippen molar-refractivity contribution in [2.75, 3.05) is 11.9 Å². The zero-order valence-electron chi connectivity index (χ0n) is 15.4. The van der Waals surface area contributed by atoms with Crippen LogP contribution in [-0.4, -0.2) is 29.2 Å². The highest BCUT2D eigenvalue weighted by Gasteiger charge is 2.24. The molecule has 0 unspecified atom stereocenters. The lowest BCUT2D eigenvalue weighted by Gasteiger charge is -2.20. The molecular weight excluding hydrogens is 398 g/mol. The number of hydrogen-bond donors (Lipinski definition) is 2. The van der Waals surface area contributed by atoms with E-state index in [9.17, 15) is 14.4 Å². The van der Waals surface area contributed by atoms with Gasteiger partial charge in [-0.3, -0.25) is 14.4 Å². The topological polar surface area (TPSA) is 106 Å². The van der Waals surface area contributed by atoms with Gasteiger partial charge in [0.15, 0.2) is 5.76 Å². The third kappa shape index (κ3) is 4.32. The second kappa shape index (κ2) is 8.41. The van der Waals surface area contributed by atoms with Crippen molar-refractivity contribution in [1.29, 1.82) is 0 Å². The Hall–Kier alpha value is -2.91. The fourth-order valence-corrected chi connectivity index (χ4v) is 4.50. The largest absolute Gasteiger partial charge is 0.459 e. The van der Waals surface area contributed by atoms with Crippen LogP contribution in [0.5, 0.6) is 0 Å². The molecule has 146 valence electrons. The maximum atomic E-state index is 12.7. The predicted octanol–water partition coefficient (Wildman–Crippen LogP) is 3.40. The molecule has 0 fully saturated rings. The molecule has 7 nitrogen and oxygen atoms in total. The predicted molar refractivity (Wildman–Crippen MR) is 109 cm³/mol. The molecule has 3 aromatic heterocycles. The van der Waals surface area contributed by atoms with Gasteiger partial charge in [-0.05, 0) is 43.0 Å². The van der Waals surface area contributed by atoms with Crippen LogP contribution < -0.4 is 11.1 Å². The van der Waals surface area contributed by atoms with Gasteiger partial charge in [0.25, 0.3) is 11.8 Å². The highest BCUT2D eigenvalue weighted by Crippen LogP contribution is 2.32. The smallest absolute Gasteiger partial charge is 0.290 e. The third-order valence-electron chi connectivity index (χ3n) is 4.17. The molecule has 0 aliphatic heterocycles. The van der Waals surface area contributed by atoms with Gasteiger partial charge in [-0.2, -0.15) is 0 Å². The average Bonchev–Trinajstić information content (AvgIpc) is 3.37. The first-order chi connectivity index (χ1) is 13.4.